The van der Waals surface area contributed by atoms with Crippen LogP contribution >= 0.6 is 0 Å². The largest absolute Gasteiger partial charge is 0.479 e. The molecule has 1 N–H and O–H groups in total. The molecule has 0 saturated carbocycles. The van der Waals surface area contributed by atoms with Crippen LogP contribution in [0, 0.1) is 5.82 Å². The summed E-state index contributed by atoms with van der Waals surface area (Å²) in [5.41, 5.74) is -1.84. The molecule has 1 saturated heterocycles. The molecule has 11 heteroatoms. The van der Waals surface area contributed by atoms with E-state index in [1.807, 2.05) is 0 Å². The van der Waals surface area contributed by atoms with E-state index in [-0.39, 0.29) is 43.3 Å². The first-order chi connectivity index (χ1) is 16.2. The van der Waals surface area contributed by atoms with Gasteiger partial charge in [0.1, 0.15) is 17.3 Å². The SMILES string of the molecule is CCOC(=O)C=CN(C1(C(=O)O)CCOCC1)S(=O)(=O)c1ccc(Oc2ccc(F)cc2)cc1. The van der Waals surface area contributed by atoms with Crippen molar-refractivity contribution in [2.75, 3.05) is 19.8 Å². The van der Waals surface area contributed by atoms with Gasteiger partial charge >= 0.3 is 11.9 Å². The molecule has 1 aliphatic heterocycles. The van der Waals surface area contributed by atoms with Crippen molar-refractivity contribution in [2.45, 2.75) is 30.2 Å². The predicted molar refractivity (Wildman–Crippen MR) is 118 cm³/mol. The number of hydrogen-bond acceptors (Lipinski definition) is 7. The average molecular weight is 494 g/mol. The van der Waals surface area contributed by atoms with E-state index in [1.54, 1.807) is 6.92 Å². The van der Waals surface area contributed by atoms with Crippen molar-refractivity contribution < 1.29 is 41.7 Å². The summed E-state index contributed by atoms with van der Waals surface area (Å²) in [6.45, 7) is 1.74. The molecule has 0 amide bonds. The second kappa shape index (κ2) is 10.7. The Morgan fingerprint density at radius 3 is 2.18 bits per heavy atom. The Morgan fingerprint density at radius 2 is 1.65 bits per heavy atom. The summed E-state index contributed by atoms with van der Waals surface area (Å²) in [6.07, 6.45) is 1.59. The van der Waals surface area contributed by atoms with Crippen LogP contribution < -0.4 is 4.74 Å². The summed E-state index contributed by atoms with van der Waals surface area (Å²) >= 11 is 0. The standard InChI is InChI=1S/C23H24FNO8S/c1-2-32-21(26)11-14-25(23(22(27)28)12-15-31-16-13-23)34(29,30)20-9-7-19(8-10-20)33-18-5-3-17(24)4-6-18/h3-11,14H,2,12-13,15-16H2,1H3,(H,27,28). The predicted octanol–water partition coefficient (Wildman–Crippen LogP) is 3.32. The zero-order valence-corrected chi connectivity index (χ0v) is 19.2. The van der Waals surface area contributed by atoms with E-state index in [9.17, 15) is 27.5 Å². The number of nitrogens with zero attached hydrogens (tertiary/aromatic N) is 1. The molecule has 1 fully saturated rings. The Balaban J connectivity index is 1.96. The van der Waals surface area contributed by atoms with Gasteiger partial charge in [-0.25, -0.2) is 22.4 Å². The van der Waals surface area contributed by atoms with Crippen LogP contribution in [0.4, 0.5) is 4.39 Å². The molecule has 0 aromatic heterocycles. The molecule has 1 aliphatic rings. The van der Waals surface area contributed by atoms with Crippen molar-refractivity contribution in [2.24, 2.45) is 0 Å². The molecule has 0 aliphatic carbocycles. The van der Waals surface area contributed by atoms with Crippen LogP contribution in [-0.4, -0.2) is 55.1 Å². The molecule has 2 aromatic carbocycles. The van der Waals surface area contributed by atoms with Gasteiger partial charge in [0.15, 0.2) is 5.54 Å². The fourth-order valence-corrected chi connectivity index (χ4v) is 5.09. The lowest BCUT2D eigenvalue weighted by Crippen LogP contribution is -2.57. The molecule has 9 nitrogen and oxygen atoms in total. The van der Waals surface area contributed by atoms with Gasteiger partial charge < -0.3 is 19.3 Å². The zero-order chi connectivity index (χ0) is 24.8. The lowest BCUT2D eigenvalue weighted by Gasteiger charge is -2.41. The fraction of sp³-hybridized carbons (Fsp3) is 0.304. The maximum absolute atomic E-state index is 13.6. The minimum absolute atomic E-state index is 0.0377. The highest BCUT2D eigenvalue weighted by Gasteiger charge is 2.49. The summed E-state index contributed by atoms with van der Waals surface area (Å²) in [6, 6.07) is 10.6. The lowest BCUT2D eigenvalue weighted by atomic mass is 9.90. The number of halogens is 1. The smallest absolute Gasteiger partial charge is 0.332 e. The number of carbonyl (C=O) groups is 2. The van der Waals surface area contributed by atoms with Crippen LogP contribution in [0.5, 0.6) is 11.5 Å². The van der Waals surface area contributed by atoms with Crippen molar-refractivity contribution in [1.82, 2.24) is 4.31 Å². The van der Waals surface area contributed by atoms with Gasteiger partial charge in [-0.3, -0.25) is 4.31 Å². The molecular formula is C23H24FNO8S. The van der Waals surface area contributed by atoms with Gasteiger partial charge in [-0.15, -0.1) is 0 Å². The minimum Gasteiger partial charge on any atom is -0.479 e. The molecule has 1 heterocycles. The number of ether oxygens (including phenoxy) is 3. The van der Waals surface area contributed by atoms with Crippen molar-refractivity contribution in [3.63, 3.8) is 0 Å². The Kier molecular flexibility index (Phi) is 7.90. The van der Waals surface area contributed by atoms with Gasteiger partial charge in [0.25, 0.3) is 10.0 Å². The Hall–Kier alpha value is -3.44. The molecule has 182 valence electrons. The molecule has 0 unspecified atom stereocenters. The van der Waals surface area contributed by atoms with E-state index in [0.29, 0.717) is 10.1 Å². The highest BCUT2D eigenvalue weighted by atomic mass is 32.2. The molecule has 0 radical (unpaired) electrons. The third kappa shape index (κ3) is 5.54. The Morgan fingerprint density at radius 1 is 1.09 bits per heavy atom. The van der Waals surface area contributed by atoms with Gasteiger partial charge in [0, 0.05) is 38.3 Å². The second-order valence-electron chi connectivity index (χ2n) is 7.35. The Bertz CT molecular complexity index is 1140. The normalized spacial score (nSPS) is 15.6. The van der Waals surface area contributed by atoms with Crippen LogP contribution in [0.3, 0.4) is 0 Å². The van der Waals surface area contributed by atoms with Crippen molar-refractivity contribution in [3.8, 4) is 11.5 Å². The van der Waals surface area contributed by atoms with Crippen LogP contribution in [-0.2, 0) is 29.1 Å². The van der Waals surface area contributed by atoms with Gasteiger partial charge in [0.2, 0.25) is 0 Å². The molecule has 2 aromatic rings. The van der Waals surface area contributed by atoms with Crippen LogP contribution in [0.15, 0.2) is 65.7 Å². The average Bonchev–Trinajstić information content (AvgIpc) is 2.81. The van der Waals surface area contributed by atoms with Crippen LogP contribution in [0.1, 0.15) is 19.8 Å². The first-order valence-corrected chi connectivity index (χ1v) is 11.9. The number of carbonyl (C=O) groups excluding carboxylic acids is 1. The van der Waals surface area contributed by atoms with E-state index in [1.165, 1.54) is 48.5 Å². The molecule has 3 rings (SSSR count). The number of esters is 1. The van der Waals surface area contributed by atoms with E-state index in [4.69, 9.17) is 14.2 Å². The van der Waals surface area contributed by atoms with Crippen LogP contribution in [0.25, 0.3) is 0 Å². The molecular weight excluding hydrogens is 469 g/mol. The number of rotatable bonds is 9. The summed E-state index contributed by atoms with van der Waals surface area (Å²) in [7, 11) is -4.41. The van der Waals surface area contributed by atoms with Gasteiger partial charge in [0.05, 0.1) is 11.5 Å². The van der Waals surface area contributed by atoms with Gasteiger partial charge in [-0.05, 0) is 55.5 Å². The van der Waals surface area contributed by atoms with E-state index < -0.39 is 33.3 Å². The summed E-state index contributed by atoms with van der Waals surface area (Å²) in [5.74, 6) is -1.95. The monoisotopic (exact) mass is 493 g/mol. The summed E-state index contributed by atoms with van der Waals surface area (Å²) in [5, 5.41) is 10.0. The number of benzene rings is 2. The van der Waals surface area contributed by atoms with Crippen molar-refractivity contribution in [1.29, 1.82) is 0 Å². The number of aliphatic carboxylic acids is 1. The Labute approximate surface area is 196 Å². The van der Waals surface area contributed by atoms with Gasteiger partial charge in [-0.1, -0.05) is 0 Å². The third-order valence-electron chi connectivity index (χ3n) is 5.20. The zero-order valence-electron chi connectivity index (χ0n) is 18.3. The maximum atomic E-state index is 13.6. The quantitative estimate of drug-likeness (QED) is 0.417. The molecule has 0 spiro atoms. The lowest BCUT2D eigenvalue weighted by molar-refractivity contribution is -0.152. The first-order valence-electron chi connectivity index (χ1n) is 10.4. The molecule has 0 bridgehead atoms. The minimum atomic E-state index is -4.41. The summed E-state index contributed by atoms with van der Waals surface area (Å²) in [4.78, 5) is 23.9. The van der Waals surface area contributed by atoms with Crippen molar-refractivity contribution in [3.05, 3.63) is 66.6 Å². The number of sulfonamides is 1. The third-order valence-corrected chi connectivity index (χ3v) is 7.06. The number of carboxylic acids is 1. The topological polar surface area (TPSA) is 119 Å². The number of hydrogen-bond donors (Lipinski definition) is 1. The maximum Gasteiger partial charge on any atom is 0.332 e. The van der Waals surface area contributed by atoms with E-state index in [0.717, 1.165) is 12.3 Å². The van der Waals surface area contributed by atoms with Crippen molar-refractivity contribution >= 4 is 22.0 Å². The summed E-state index contributed by atoms with van der Waals surface area (Å²) < 4.78 is 56.5. The highest BCUT2D eigenvalue weighted by molar-refractivity contribution is 7.89. The molecule has 0 atom stereocenters. The van der Waals surface area contributed by atoms with Crippen LogP contribution in [0.2, 0.25) is 0 Å². The second-order valence-corrected chi connectivity index (χ2v) is 9.16. The molecule has 34 heavy (non-hydrogen) atoms. The van der Waals surface area contributed by atoms with Gasteiger partial charge in [-0.2, -0.15) is 0 Å². The highest BCUT2D eigenvalue weighted by Crippen LogP contribution is 2.35. The van der Waals surface area contributed by atoms with E-state index in [2.05, 4.69) is 0 Å². The first kappa shape index (κ1) is 25.2. The van der Waals surface area contributed by atoms with E-state index >= 15 is 0 Å². The number of carboxylic acid groups (broad SMARTS) is 1. The fourth-order valence-electron chi connectivity index (χ4n) is 3.44.